The molecule has 0 radical (unpaired) electrons. The highest BCUT2D eigenvalue weighted by molar-refractivity contribution is 5.87. The number of piperidine rings is 1. The van der Waals surface area contributed by atoms with Crippen molar-refractivity contribution in [3.63, 3.8) is 0 Å². The fraction of sp³-hybridized carbons (Fsp3) is 0.588. The molecule has 20 heavy (non-hydrogen) atoms. The standard InChI is InChI=1S/C17H26N2O/c1-13-8-7-11-18-15(13)12-19-16(20)17(2,3)14-9-5-4-6-10-14/h4-6,9-10,13,15,18H,7-8,11-12H2,1-3H3,(H,19,20). The van der Waals surface area contributed by atoms with Gasteiger partial charge < -0.3 is 10.6 Å². The number of carbonyl (C=O) groups is 1. The summed E-state index contributed by atoms with van der Waals surface area (Å²) in [6, 6.07) is 10.4. The Kier molecular flexibility index (Phi) is 4.81. The predicted molar refractivity (Wildman–Crippen MR) is 82.7 cm³/mol. The molecule has 2 unspecified atom stereocenters. The fourth-order valence-electron chi connectivity index (χ4n) is 2.80. The van der Waals surface area contributed by atoms with Gasteiger partial charge in [0.2, 0.25) is 5.91 Å². The van der Waals surface area contributed by atoms with E-state index in [1.54, 1.807) is 0 Å². The minimum absolute atomic E-state index is 0.100. The van der Waals surface area contributed by atoms with E-state index in [2.05, 4.69) is 17.6 Å². The number of rotatable bonds is 4. The van der Waals surface area contributed by atoms with Crippen LogP contribution in [0.15, 0.2) is 30.3 Å². The molecule has 1 aromatic carbocycles. The van der Waals surface area contributed by atoms with Crippen LogP contribution in [0.3, 0.4) is 0 Å². The molecule has 2 N–H and O–H groups in total. The lowest BCUT2D eigenvalue weighted by Gasteiger charge is -2.32. The number of hydrogen-bond donors (Lipinski definition) is 2. The summed E-state index contributed by atoms with van der Waals surface area (Å²) in [5.74, 6) is 0.729. The predicted octanol–water partition coefficient (Wildman–Crippen LogP) is 2.47. The number of carbonyl (C=O) groups excluding carboxylic acids is 1. The second kappa shape index (κ2) is 6.40. The molecular weight excluding hydrogens is 248 g/mol. The van der Waals surface area contributed by atoms with Crippen molar-refractivity contribution in [2.75, 3.05) is 13.1 Å². The summed E-state index contributed by atoms with van der Waals surface area (Å²) in [5, 5.41) is 6.62. The summed E-state index contributed by atoms with van der Waals surface area (Å²) in [7, 11) is 0. The second-order valence-electron chi connectivity index (χ2n) is 6.38. The van der Waals surface area contributed by atoms with Crippen molar-refractivity contribution < 1.29 is 4.79 Å². The minimum atomic E-state index is -0.487. The van der Waals surface area contributed by atoms with E-state index in [0.717, 1.165) is 18.7 Å². The molecule has 1 aliphatic rings. The van der Waals surface area contributed by atoms with Crippen LogP contribution in [0.1, 0.15) is 39.2 Å². The van der Waals surface area contributed by atoms with Gasteiger partial charge in [-0.25, -0.2) is 0 Å². The molecule has 1 aromatic rings. The first-order valence-corrected chi connectivity index (χ1v) is 7.59. The molecule has 0 spiro atoms. The second-order valence-corrected chi connectivity index (χ2v) is 6.38. The third-order valence-corrected chi connectivity index (χ3v) is 4.48. The van der Waals surface area contributed by atoms with Gasteiger partial charge in [-0.1, -0.05) is 37.3 Å². The SMILES string of the molecule is CC1CCCNC1CNC(=O)C(C)(C)c1ccccc1. The Morgan fingerprint density at radius 2 is 2.05 bits per heavy atom. The van der Waals surface area contributed by atoms with Crippen LogP contribution in [0.5, 0.6) is 0 Å². The van der Waals surface area contributed by atoms with Crippen LogP contribution in [0.4, 0.5) is 0 Å². The Balaban J connectivity index is 1.94. The van der Waals surface area contributed by atoms with Crippen molar-refractivity contribution in [1.29, 1.82) is 0 Å². The molecule has 1 heterocycles. The molecule has 1 aliphatic heterocycles. The number of benzene rings is 1. The monoisotopic (exact) mass is 274 g/mol. The van der Waals surface area contributed by atoms with E-state index in [-0.39, 0.29) is 5.91 Å². The Morgan fingerprint density at radius 3 is 2.70 bits per heavy atom. The highest BCUT2D eigenvalue weighted by atomic mass is 16.2. The first-order chi connectivity index (χ1) is 9.51. The van der Waals surface area contributed by atoms with Crippen molar-refractivity contribution >= 4 is 5.91 Å². The van der Waals surface area contributed by atoms with Crippen LogP contribution in [-0.4, -0.2) is 25.0 Å². The van der Waals surface area contributed by atoms with Gasteiger partial charge in [0.15, 0.2) is 0 Å². The van der Waals surface area contributed by atoms with E-state index < -0.39 is 5.41 Å². The average Bonchev–Trinajstić information content (AvgIpc) is 2.47. The topological polar surface area (TPSA) is 41.1 Å². The van der Waals surface area contributed by atoms with E-state index in [1.807, 2.05) is 44.2 Å². The van der Waals surface area contributed by atoms with E-state index in [1.165, 1.54) is 12.8 Å². The van der Waals surface area contributed by atoms with Gasteiger partial charge in [-0.2, -0.15) is 0 Å². The molecule has 0 aliphatic carbocycles. The summed E-state index contributed by atoms with van der Waals surface area (Å²) in [4.78, 5) is 12.5. The molecule has 0 aromatic heterocycles. The van der Waals surface area contributed by atoms with Crippen LogP contribution in [0, 0.1) is 5.92 Å². The van der Waals surface area contributed by atoms with E-state index in [9.17, 15) is 4.79 Å². The molecule has 1 fully saturated rings. The largest absolute Gasteiger partial charge is 0.354 e. The van der Waals surface area contributed by atoms with E-state index in [4.69, 9.17) is 0 Å². The molecular formula is C17H26N2O. The lowest BCUT2D eigenvalue weighted by atomic mass is 9.83. The van der Waals surface area contributed by atoms with Gasteiger partial charge in [0, 0.05) is 12.6 Å². The van der Waals surface area contributed by atoms with Crippen molar-refractivity contribution in [2.45, 2.75) is 45.1 Å². The van der Waals surface area contributed by atoms with Gasteiger partial charge in [-0.05, 0) is 44.7 Å². The smallest absolute Gasteiger partial charge is 0.230 e. The summed E-state index contributed by atoms with van der Waals surface area (Å²) in [5.41, 5.74) is 0.571. The highest BCUT2D eigenvalue weighted by Gasteiger charge is 2.30. The Labute approximate surface area is 122 Å². The molecule has 2 rings (SSSR count). The van der Waals surface area contributed by atoms with E-state index >= 15 is 0 Å². The van der Waals surface area contributed by atoms with Gasteiger partial charge >= 0.3 is 0 Å². The first-order valence-electron chi connectivity index (χ1n) is 7.59. The summed E-state index contributed by atoms with van der Waals surface area (Å²) < 4.78 is 0. The highest BCUT2D eigenvalue weighted by Crippen LogP contribution is 2.23. The Hall–Kier alpha value is -1.35. The van der Waals surface area contributed by atoms with Crippen LogP contribution < -0.4 is 10.6 Å². The van der Waals surface area contributed by atoms with Crippen LogP contribution in [0.25, 0.3) is 0 Å². The Bertz CT molecular complexity index is 442. The molecule has 3 nitrogen and oxygen atoms in total. The van der Waals surface area contributed by atoms with Gasteiger partial charge in [0.1, 0.15) is 0 Å². The number of hydrogen-bond acceptors (Lipinski definition) is 2. The zero-order valence-corrected chi connectivity index (χ0v) is 12.8. The molecule has 1 saturated heterocycles. The lowest BCUT2D eigenvalue weighted by molar-refractivity contribution is -0.125. The first kappa shape index (κ1) is 15.0. The van der Waals surface area contributed by atoms with Crippen LogP contribution in [0.2, 0.25) is 0 Å². The summed E-state index contributed by atoms with van der Waals surface area (Å²) >= 11 is 0. The normalized spacial score (nSPS) is 23.4. The molecule has 3 heteroatoms. The van der Waals surface area contributed by atoms with Crippen molar-refractivity contribution in [2.24, 2.45) is 5.92 Å². The van der Waals surface area contributed by atoms with Gasteiger partial charge in [-0.15, -0.1) is 0 Å². The third kappa shape index (κ3) is 3.40. The molecule has 0 bridgehead atoms. The summed E-state index contributed by atoms with van der Waals surface area (Å²) in [6.07, 6.45) is 2.48. The molecule has 2 atom stereocenters. The number of amides is 1. The maximum Gasteiger partial charge on any atom is 0.230 e. The third-order valence-electron chi connectivity index (χ3n) is 4.48. The van der Waals surface area contributed by atoms with Crippen LogP contribution >= 0.6 is 0 Å². The zero-order valence-electron chi connectivity index (χ0n) is 12.8. The van der Waals surface area contributed by atoms with Crippen molar-refractivity contribution in [3.8, 4) is 0 Å². The minimum Gasteiger partial charge on any atom is -0.354 e. The Morgan fingerprint density at radius 1 is 1.35 bits per heavy atom. The van der Waals surface area contributed by atoms with Gasteiger partial charge in [0.05, 0.1) is 5.41 Å². The maximum absolute atomic E-state index is 12.5. The van der Waals surface area contributed by atoms with Crippen molar-refractivity contribution in [3.05, 3.63) is 35.9 Å². The molecule has 1 amide bonds. The van der Waals surface area contributed by atoms with E-state index in [0.29, 0.717) is 12.0 Å². The fourth-order valence-corrected chi connectivity index (χ4v) is 2.80. The van der Waals surface area contributed by atoms with Crippen LogP contribution in [-0.2, 0) is 10.2 Å². The lowest BCUT2D eigenvalue weighted by Crippen LogP contribution is -2.50. The number of nitrogens with one attached hydrogen (secondary N) is 2. The van der Waals surface area contributed by atoms with Crippen molar-refractivity contribution in [1.82, 2.24) is 10.6 Å². The summed E-state index contributed by atoms with van der Waals surface area (Å²) in [6.45, 7) is 8.00. The van der Waals surface area contributed by atoms with Gasteiger partial charge in [0.25, 0.3) is 0 Å². The average molecular weight is 274 g/mol. The molecule has 0 saturated carbocycles. The molecule has 110 valence electrons. The quantitative estimate of drug-likeness (QED) is 0.885. The maximum atomic E-state index is 12.5. The van der Waals surface area contributed by atoms with Gasteiger partial charge in [-0.3, -0.25) is 4.79 Å². The zero-order chi connectivity index (χ0) is 14.6.